The van der Waals surface area contributed by atoms with Crippen LogP contribution in [0.3, 0.4) is 0 Å². The molecule has 0 fully saturated rings. The number of aliphatic hydroxyl groups excluding tert-OH is 1. The zero-order chi connectivity index (χ0) is 6.24. The topological polar surface area (TPSA) is 20.2 Å². The van der Waals surface area contributed by atoms with Crippen molar-refractivity contribution in [3.05, 3.63) is 12.2 Å². The van der Waals surface area contributed by atoms with Crippen molar-refractivity contribution in [2.75, 3.05) is 6.61 Å². The fourth-order valence-electron chi connectivity index (χ4n) is 0.514. The molecule has 0 saturated heterocycles. The molecule has 0 spiro atoms. The van der Waals surface area contributed by atoms with E-state index >= 15 is 0 Å². The van der Waals surface area contributed by atoms with Gasteiger partial charge < -0.3 is 5.11 Å². The third kappa shape index (κ3) is 11.7. The average molecular weight is 170 g/mol. The zero-order valence-electron chi connectivity index (χ0n) is 5.78. The zero-order valence-corrected chi connectivity index (χ0v) is 6.89. The van der Waals surface area contributed by atoms with Gasteiger partial charge in [-0.25, -0.2) is 0 Å². The fourth-order valence-corrected chi connectivity index (χ4v) is 0.514. The van der Waals surface area contributed by atoms with Crippen molar-refractivity contribution in [3.63, 3.8) is 0 Å². The Kier molecular flexibility index (Phi) is 14.7. The van der Waals surface area contributed by atoms with Crippen LogP contribution in [-0.4, -0.2) is 11.7 Å². The van der Waals surface area contributed by atoms with Crippen LogP contribution < -0.4 is 0 Å². The Balaban J connectivity index is 0. The second-order valence-corrected chi connectivity index (χ2v) is 1.80. The maximum Gasteiger partial charge on any atom is 0.0612 e. The van der Waals surface area contributed by atoms with Gasteiger partial charge >= 0.3 is 0 Å². The van der Waals surface area contributed by atoms with Gasteiger partial charge in [-0.3, -0.25) is 0 Å². The molecule has 0 aliphatic heterocycles. The summed E-state index contributed by atoms with van der Waals surface area (Å²) in [5.41, 5.74) is 0. The van der Waals surface area contributed by atoms with Crippen LogP contribution >= 0.6 is 0 Å². The molecule has 0 aromatic carbocycles. The smallest absolute Gasteiger partial charge is 0.0612 e. The van der Waals surface area contributed by atoms with Gasteiger partial charge in [-0.1, -0.05) is 31.9 Å². The quantitative estimate of drug-likeness (QED) is 0.387. The minimum Gasteiger partial charge on any atom is -0.392 e. The molecule has 0 rings (SSSR count). The van der Waals surface area contributed by atoms with Crippen LogP contribution in [0.15, 0.2) is 12.2 Å². The number of allylic oxidation sites excluding steroid dienone is 1. The van der Waals surface area contributed by atoms with Crippen LogP contribution in [0.5, 0.6) is 0 Å². The monoisotopic (exact) mass is 170 g/mol. The summed E-state index contributed by atoms with van der Waals surface area (Å²) in [4.78, 5) is 0. The first-order valence-electron chi connectivity index (χ1n) is 3.17. The summed E-state index contributed by atoms with van der Waals surface area (Å²) in [5.74, 6) is 0. The van der Waals surface area contributed by atoms with Gasteiger partial charge in [0.25, 0.3) is 0 Å². The number of hydrogen-bond donors (Lipinski definition) is 1. The van der Waals surface area contributed by atoms with Crippen molar-refractivity contribution in [2.24, 2.45) is 0 Å². The summed E-state index contributed by atoms with van der Waals surface area (Å²) in [6.45, 7) is 2.34. The molecule has 0 aromatic heterocycles. The molecule has 1 nitrogen and oxygen atoms in total. The molecule has 0 saturated carbocycles. The van der Waals surface area contributed by atoms with E-state index in [2.05, 4.69) is 6.92 Å². The maximum absolute atomic E-state index is 8.28. The molecule has 2 heteroatoms. The fraction of sp³-hybridized carbons (Fsp3) is 0.714. The molecular formula is C7H14FeO. The summed E-state index contributed by atoms with van der Waals surface area (Å²) in [7, 11) is 0. The van der Waals surface area contributed by atoms with E-state index in [1.54, 1.807) is 6.08 Å². The molecule has 0 atom stereocenters. The van der Waals surface area contributed by atoms with E-state index in [0.29, 0.717) is 0 Å². The van der Waals surface area contributed by atoms with Crippen LogP contribution in [0.2, 0.25) is 0 Å². The molecule has 1 N–H and O–H groups in total. The Morgan fingerprint density at radius 3 is 2.44 bits per heavy atom. The van der Waals surface area contributed by atoms with Gasteiger partial charge in [0.15, 0.2) is 0 Å². The van der Waals surface area contributed by atoms with E-state index in [0.717, 1.165) is 6.42 Å². The SMILES string of the molecule is CCCCC=CCO.[Fe]. The number of aliphatic hydroxyl groups is 1. The molecule has 56 valence electrons. The summed E-state index contributed by atoms with van der Waals surface area (Å²) in [6, 6.07) is 0. The standard InChI is InChI=1S/C7H14O.Fe/c1-2-3-4-5-6-7-8;/h5-6,8H,2-4,7H2,1H3;. The van der Waals surface area contributed by atoms with E-state index in [9.17, 15) is 0 Å². The van der Waals surface area contributed by atoms with E-state index in [1.165, 1.54) is 12.8 Å². The minimum absolute atomic E-state index is 0. The van der Waals surface area contributed by atoms with Crippen LogP contribution in [0.4, 0.5) is 0 Å². The van der Waals surface area contributed by atoms with Gasteiger partial charge in [0.2, 0.25) is 0 Å². The van der Waals surface area contributed by atoms with Gasteiger partial charge in [-0.15, -0.1) is 0 Å². The van der Waals surface area contributed by atoms with E-state index < -0.39 is 0 Å². The van der Waals surface area contributed by atoms with Gasteiger partial charge in [0.05, 0.1) is 6.61 Å². The molecule has 0 aliphatic carbocycles. The van der Waals surface area contributed by atoms with Gasteiger partial charge in [-0.05, 0) is 6.42 Å². The summed E-state index contributed by atoms with van der Waals surface area (Å²) in [5, 5.41) is 8.28. The second-order valence-electron chi connectivity index (χ2n) is 1.80. The van der Waals surface area contributed by atoms with Gasteiger partial charge in [-0.2, -0.15) is 0 Å². The van der Waals surface area contributed by atoms with Crippen molar-refractivity contribution in [3.8, 4) is 0 Å². The average Bonchev–Trinajstić information content (AvgIpc) is 1.81. The molecule has 0 unspecified atom stereocenters. The number of unbranched alkanes of at least 4 members (excludes halogenated alkanes) is 2. The molecule has 0 heterocycles. The molecule has 0 aliphatic rings. The first kappa shape index (κ1) is 12.0. The Morgan fingerprint density at radius 1 is 1.33 bits per heavy atom. The molecule has 9 heavy (non-hydrogen) atoms. The largest absolute Gasteiger partial charge is 0.392 e. The third-order valence-electron chi connectivity index (χ3n) is 0.996. The first-order valence-corrected chi connectivity index (χ1v) is 3.17. The molecule has 0 aromatic rings. The Hall–Kier alpha value is 0.219. The molecule has 0 radical (unpaired) electrons. The Bertz CT molecular complexity index is 61.9. The number of rotatable bonds is 4. The van der Waals surface area contributed by atoms with Crippen molar-refractivity contribution < 1.29 is 22.2 Å². The van der Waals surface area contributed by atoms with Crippen molar-refractivity contribution in [2.45, 2.75) is 26.2 Å². The van der Waals surface area contributed by atoms with Crippen LogP contribution in [0.1, 0.15) is 26.2 Å². The van der Waals surface area contributed by atoms with Crippen LogP contribution in [-0.2, 0) is 17.1 Å². The van der Waals surface area contributed by atoms with Crippen LogP contribution in [0.25, 0.3) is 0 Å². The van der Waals surface area contributed by atoms with Gasteiger partial charge in [0.1, 0.15) is 0 Å². The third-order valence-corrected chi connectivity index (χ3v) is 0.996. The molecular weight excluding hydrogens is 156 g/mol. The second kappa shape index (κ2) is 11.1. The minimum atomic E-state index is 0. The van der Waals surface area contributed by atoms with E-state index in [-0.39, 0.29) is 23.7 Å². The van der Waals surface area contributed by atoms with Crippen molar-refractivity contribution in [1.29, 1.82) is 0 Å². The maximum atomic E-state index is 8.28. The number of hydrogen-bond acceptors (Lipinski definition) is 1. The summed E-state index contributed by atoms with van der Waals surface area (Å²) >= 11 is 0. The van der Waals surface area contributed by atoms with E-state index in [1.807, 2.05) is 6.08 Å². The first-order chi connectivity index (χ1) is 3.91. The molecule has 0 amide bonds. The predicted octanol–water partition coefficient (Wildman–Crippen LogP) is 1.72. The Morgan fingerprint density at radius 2 is 2.00 bits per heavy atom. The van der Waals surface area contributed by atoms with Crippen molar-refractivity contribution >= 4 is 0 Å². The predicted molar refractivity (Wildman–Crippen MR) is 35.8 cm³/mol. The van der Waals surface area contributed by atoms with Crippen molar-refractivity contribution in [1.82, 2.24) is 0 Å². The van der Waals surface area contributed by atoms with Gasteiger partial charge in [0, 0.05) is 17.1 Å². The van der Waals surface area contributed by atoms with Crippen LogP contribution in [0, 0.1) is 0 Å². The Labute approximate surface area is 67.6 Å². The summed E-state index contributed by atoms with van der Waals surface area (Å²) in [6.07, 6.45) is 7.38. The van der Waals surface area contributed by atoms with E-state index in [4.69, 9.17) is 5.11 Å². The molecule has 0 bridgehead atoms. The normalized spacial score (nSPS) is 9.56. The summed E-state index contributed by atoms with van der Waals surface area (Å²) < 4.78 is 0.